The molecule has 0 aliphatic carbocycles. The maximum atomic E-state index is 12.3. The maximum Gasteiger partial charge on any atom is 0.327 e. The molecule has 0 aliphatic heterocycles. The third-order valence-corrected chi connectivity index (χ3v) is 11.0. The van der Waals surface area contributed by atoms with Gasteiger partial charge in [-0.05, 0) is 18.2 Å². The minimum absolute atomic E-state index is 0.00757. The van der Waals surface area contributed by atoms with Gasteiger partial charge in [-0.15, -0.1) is 0 Å². The Labute approximate surface area is 439 Å². The van der Waals surface area contributed by atoms with Crippen LogP contribution in [0.1, 0.15) is 26.7 Å². The number of aliphatic carboxylic acids is 2. The molecule has 0 bridgehead atoms. The molecule has 2 atom stereocenters. The van der Waals surface area contributed by atoms with Gasteiger partial charge in [0.05, 0.1) is 127 Å². The van der Waals surface area contributed by atoms with Crippen LogP contribution in [0.4, 0.5) is 28.4 Å². The van der Waals surface area contributed by atoms with E-state index < -0.39 is 61.2 Å². The number of hydrogen-bond donors (Lipinski definition) is 6. The summed E-state index contributed by atoms with van der Waals surface area (Å²) < 4.78 is 43.2. The molecule has 0 aliphatic rings. The first-order valence-corrected chi connectivity index (χ1v) is 25.6. The van der Waals surface area contributed by atoms with E-state index in [1.807, 2.05) is 13.8 Å². The first-order valence-electron chi connectivity index (χ1n) is 23.1. The second-order valence-corrected chi connectivity index (χ2v) is 16.7. The van der Waals surface area contributed by atoms with E-state index in [1.54, 1.807) is 12.1 Å². The lowest BCUT2D eigenvalue weighted by atomic mass is 10.2. The summed E-state index contributed by atoms with van der Waals surface area (Å²) in [4.78, 5) is 87.2. The monoisotopic (exact) mass is 1110 g/mol. The number of ether oxygens (including phenoxy) is 8. The Bertz CT molecular complexity index is 1960. The number of non-ortho nitro benzene ring substituents is 2. The van der Waals surface area contributed by atoms with Gasteiger partial charge in [-0.25, -0.2) is 9.59 Å². The number of hydrogen-bond acceptors (Lipinski definition) is 24. The fraction of sp³-hybridized carbons (Fsp3) is 0.628. The van der Waals surface area contributed by atoms with E-state index in [1.165, 1.54) is 18.2 Å². The fourth-order valence-corrected chi connectivity index (χ4v) is 7.44. The summed E-state index contributed by atoms with van der Waals surface area (Å²) in [6.07, 6.45) is -0.207. The van der Waals surface area contributed by atoms with E-state index in [-0.39, 0.29) is 121 Å². The summed E-state index contributed by atoms with van der Waals surface area (Å²) in [6.45, 7) is 8.65. The summed E-state index contributed by atoms with van der Waals surface area (Å²) in [5.74, 6) is -3.81. The van der Waals surface area contributed by atoms with Gasteiger partial charge in [0.2, 0.25) is 11.8 Å². The molecule has 0 heterocycles. The number of nitro benzene ring substituents is 3. The lowest BCUT2D eigenvalue weighted by Crippen LogP contribution is -2.43. The second kappa shape index (κ2) is 45.3. The molecule has 0 radical (unpaired) electrons. The molecule has 75 heavy (non-hydrogen) atoms. The van der Waals surface area contributed by atoms with Crippen LogP contribution in [0, 0.1) is 40.5 Å². The maximum absolute atomic E-state index is 12.3. The Morgan fingerprint density at radius 2 is 0.840 bits per heavy atom. The van der Waals surface area contributed by atoms with E-state index >= 15 is 0 Å². The van der Waals surface area contributed by atoms with E-state index in [2.05, 4.69) is 21.3 Å². The van der Waals surface area contributed by atoms with Crippen molar-refractivity contribution in [1.82, 2.24) is 10.6 Å². The van der Waals surface area contributed by atoms with E-state index in [4.69, 9.17) is 48.0 Å². The van der Waals surface area contributed by atoms with Crippen molar-refractivity contribution < 1.29 is 87.0 Å². The number of nitro groups is 4. The lowest BCUT2D eigenvalue weighted by Gasteiger charge is -2.16. The zero-order valence-corrected chi connectivity index (χ0v) is 43.6. The van der Waals surface area contributed by atoms with Crippen molar-refractivity contribution in [3.8, 4) is 0 Å². The van der Waals surface area contributed by atoms with Gasteiger partial charge < -0.3 is 69.4 Å². The molecule has 2 aromatic carbocycles. The number of benzene rings is 2. The largest absolute Gasteiger partial charge is 0.480 e. The zero-order chi connectivity index (χ0) is 56.1. The highest BCUT2D eigenvalue weighted by molar-refractivity contribution is 8.76. The van der Waals surface area contributed by atoms with Crippen molar-refractivity contribution >= 4 is 73.8 Å². The fourth-order valence-electron chi connectivity index (χ4n) is 5.13. The molecule has 424 valence electrons. The van der Waals surface area contributed by atoms with Crippen molar-refractivity contribution in [2.45, 2.75) is 38.8 Å². The second-order valence-electron chi connectivity index (χ2n) is 14.2. The standard InChI is InChI=1S/C40H59N7O20S2.C2H6.CH3NO2/c48-37(7-11-60-15-19-64-23-25-66-21-17-62-13-9-41-30-1-3-31(4-2-30)45(54)55)43-34(39(50)51)28-68-69-29-35(40(52)53)44-38(49)8-12-61-16-20-65-24-26-67-22-18-63-14-10-42-33-6-5-32(46(56)57)27-36(33)47(58)59;1-2;1-2(3)4/h1-6,27,34-35,41-42H,7-26,28-29H2,(H,43,48)(H,44,49)(H,50,51)(H,52,53);1-2H3;1H3. The predicted octanol–water partition coefficient (Wildman–Crippen LogP) is 3.29. The topological polar surface area (TPSA) is 403 Å². The summed E-state index contributed by atoms with van der Waals surface area (Å²) in [7, 11) is 2.94. The Balaban J connectivity index is 0.00000867. The summed E-state index contributed by atoms with van der Waals surface area (Å²) >= 11 is 0. The molecule has 32 heteroatoms. The SMILES string of the molecule is CC.C[N+](=O)[O-].O=C(CCOCCOCCOCCOCCNc1ccc([N+](=O)[O-])cc1)NC(CSSCC(NC(=O)CCOCCOCCOCCOCCNc1ccc([N+](=O)[O-])cc1[N+](=O)[O-])C(=O)O)C(=O)O. The highest BCUT2D eigenvalue weighted by atomic mass is 33.1. The minimum Gasteiger partial charge on any atom is -0.480 e. The number of carbonyl (C=O) groups is 4. The number of nitrogens with one attached hydrogen (secondary N) is 4. The van der Waals surface area contributed by atoms with Crippen LogP contribution < -0.4 is 21.3 Å². The Morgan fingerprint density at radius 1 is 0.507 bits per heavy atom. The Morgan fingerprint density at radius 3 is 1.19 bits per heavy atom. The van der Waals surface area contributed by atoms with Gasteiger partial charge in [-0.3, -0.25) is 50.0 Å². The molecule has 2 unspecified atom stereocenters. The van der Waals surface area contributed by atoms with Crippen LogP contribution in [0.15, 0.2) is 42.5 Å². The third kappa shape index (κ3) is 38.2. The first kappa shape index (κ1) is 68.9. The minimum atomic E-state index is -1.28. The van der Waals surface area contributed by atoms with Gasteiger partial charge in [0.1, 0.15) is 17.8 Å². The first-order chi connectivity index (χ1) is 36.0. The van der Waals surface area contributed by atoms with Crippen LogP contribution in [0.3, 0.4) is 0 Å². The third-order valence-electron chi connectivity index (χ3n) is 8.60. The number of nitrogens with zero attached hydrogens (tertiary/aromatic N) is 4. The highest BCUT2D eigenvalue weighted by Crippen LogP contribution is 2.29. The van der Waals surface area contributed by atoms with E-state index in [9.17, 15) is 59.7 Å². The molecule has 0 fully saturated rings. The molecule has 0 saturated heterocycles. The molecule has 0 aromatic heterocycles. The van der Waals surface area contributed by atoms with Crippen molar-refractivity contribution in [2.75, 3.05) is 148 Å². The summed E-state index contributed by atoms with van der Waals surface area (Å²) in [5.41, 5.74) is 0.0929. The van der Waals surface area contributed by atoms with Crippen LogP contribution in [0.25, 0.3) is 0 Å². The zero-order valence-electron chi connectivity index (χ0n) is 41.9. The highest BCUT2D eigenvalue weighted by Gasteiger charge is 2.23. The van der Waals surface area contributed by atoms with Gasteiger partial charge in [0.25, 0.3) is 17.1 Å². The number of carbonyl (C=O) groups excluding carboxylic acids is 2. The Hall–Kier alpha value is -6.10. The van der Waals surface area contributed by atoms with Gasteiger partial charge in [0.15, 0.2) is 7.05 Å². The molecule has 0 spiro atoms. The quantitative estimate of drug-likeness (QED) is 0.0240. The average molecular weight is 1110 g/mol. The van der Waals surface area contributed by atoms with Crippen molar-refractivity contribution in [1.29, 1.82) is 0 Å². The van der Waals surface area contributed by atoms with Gasteiger partial charge in [-0.1, -0.05) is 35.4 Å². The smallest absolute Gasteiger partial charge is 0.327 e. The van der Waals surface area contributed by atoms with Crippen molar-refractivity contribution in [3.63, 3.8) is 0 Å². The van der Waals surface area contributed by atoms with Crippen LogP contribution in [0.5, 0.6) is 0 Å². The van der Waals surface area contributed by atoms with Crippen molar-refractivity contribution in [3.05, 3.63) is 82.9 Å². The molecular formula is C43H68N8O22S2. The number of rotatable bonds is 44. The number of carboxylic acid groups (broad SMARTS) is 2. The number of carboxylic acids is 2. The van der Waals surface area contributed by atoms with Crippen LogP contribution in [0.2, 0.25) is 0 Å². The van der Waals surface area contributed by atoms with E-state index in [0.717, 1.165) is 46.5 Å². The molecule has 2 rings (SSSR count). The lowest BCUT2D eigenvalue weighted by molar-refractivity contribution is -0.445. The molecule has 2 aromatic rings. The average Bonchev–Trinajstić information content (AvgIpc) is 3.37. The van der Waals surface area contributed by atoms with Crippen LogP contribution in [-0.4, -0.2) is 203 Å². The molecular weight excluding hydrogens is 1040 g/mol. The van der Waals surface area contributed by atoms with Crippen LogP contribution in [-0.2, 0) is 57.1 Å². The van der Waals surface area contributed by atoms with Crippen LogP contribution >= 0.6 is 21.6 Å². The summed E-state index contributed by atoms with van der Waals surface area (Å²) in [6, 6.07) is 6.88. The predicted molar refractivity (Wildman–Crippen MR) is 274 cm³/mol. The normalized spacial score (nSPS) is 11.3. The van der Waals surface area contributed by atoms with Gasteiger partial charge in [-0.2, -0.15) is 0 Å². The molecule has 2 amide bonds. The number of amides is 2. The van der Waals surface area contributed by atoms with Gasteiger partial charge >= 0.3 is 11.9 Å². The summed E-state index contributed by atoms with van der Waals surface area (Å²) in [5, 5.41) is 71.4. The molecule has 0 saturated carbocycles. The van der Waals surface area contributed by atoms with E-state index in [0.29, 0.717) is 39.6 Å². The Kier molecular flexibility index (Phi) is 41.6. The van der Waals surface area contributed by atoms with Gasteiger partial charge in [0, 0.05) is 66.2 Å². The van der Waals surface area contributed by atoms with Crippen molar-refractivity contribution in [2.24, 2.45) is 0 Å². The molecule has 6 N–H and O–H groups in total. The molecule has 30 nitrogen and oxygen atoms in total. The number of anilines is 2.